The highest BCUT2D eigenvalue weighted by Crippen LogP contribution is 2.16. The Morgan fingerprint density at radius 3 is 2.47 bits per heavy atom. The molecule has 0 spiro atoms. The second kappa shape index (κ2) is 5.56. The zero-order chi connectivity index (χ0) is 13.1. The van der Waals surface area contributed by atoms with Gasteiger partial charge in [0, 0.05) is 6.04 Å². The van der Waals surface area contributed by atoms with E-state index in [2.05, 4.69) is 5.32 Å². The van der Waals surface area contributed by atoms with Gasteiger partial charge in [-0.15, -0.1) is 0 Å². The summed E-state index contributed by atoms with van der Waals surface area (Å²) in [6.07, 6.45) is 0.598. The first-order valence-electron chi connectivity index (χ1n) is 5.70. The van der Waals surface area contributed by atoms with Gasteiger partial charge in [0.25, 0.3) is 0 Å². The van der Waals surface area contributed by atoms with Gasteiger partial charge < -0.3 is 10.4 Å². The molecule has 1 atom stereocenters. The number of hydrogen-bond donors (Lipinski definition) is 2. The Kier molecular flexibility index (Phi) is 4.60. The fourth-order valence-corrected chi connectivity index (χ4v) is 1.49. The number of benzene rings is 1. The summed E-state index contributed by atoms with van der Waals surface area (Å²) >= 11 is 0. The molecule has 0 bridgehead atoms. The molecule has 0 aliphatic carbocycles. The Balaban J connectivity index is 2.52. The van der Waals surface area contributed by atoms with E-state index in [1.54, 1.807) is 19.9 Å². The Morgan fingerprint density at radius 1 is 1.29 bits per heavy atom. The molecule has 96 valence electrons. The number of aliphatic hydroxyl groups is 1. The van der Waals surface area contributed by atoms with Crippen LogP contribution in [-0.2, 0) is 0 Å². The van der Waals surface area contributed by atoms with E-state index < -0.39 is 17.2 Å². The van der Waals surface area contributed by atoms with Gasteiger partial charge in [0.15, 0.2) is 11.6 Å². The molecule has 1 rings (SSSR count). The van der Waals surface area contributed by atoms with Gasteiger partial charge >= 0.3 is 0 Å². The minimum Gasteiger partial charge on any atom is -0.390 e. The van der Waals surface area contributed by atoms with Gasteiger partial charge in [-0.1, -0.05) is 6.07 Å². The van der Waals surface area contributed by atoms with Crippen LogP contribution in [0.15, 0.2) is 18.2 Å². The van der Waals surface area contributed by atoms with Crippen molar-refractivity contribution in [3.05, 3.63) is 35.4 Å². The van der Waals surface area contributed by atoms with E-state index in [0.717, 1.165) is 6.07 Å². The van der Waals surface area contributed by atoms with Crippen molar-refractivity contribution in [2.75, 3.05) is 6.54 Å². The SMILES string of the molecule is C[C@@H](NCCC(C)(C)O)c1ccc(F)c(F)c1. The molecule has 0 radical (unpaired) electrons. The Hall–Kier alpha value is -1.00. The second-order valence-electron chi connectivity index (χ2n) is 4.91. The van der Waals surface area contributed by atoms with Gasteiger partial charge in [0.1, 0.15) is 0 Å². The zero-order valence-corrected chi connectivity index (χ0v) is 10.4. The number of rotatable bonds is 5. The first kappa shape index (κ1) is 14.1. The molecule has 0 unspecified atom stereocenters. The summed E-state index contributed by atoms with van der Waals surface area (Å²) in [4.78, 5) is 0. The monoisotopic (exact) mass is 243 g/mol. The molecular weight excluding hydrogens is 224 g/mol. The van der Waals surface area contributed by atoms with Crippen LogP contribution < -0.4 is 5.32 Å². The van der Waals surface area contributed by atoms with E-state index >= 15 is 0 Å². The van der Waals surface area contributed by atoms with Crippen LogP contribution >= 0.6 is 0 Å². The van der Waals surface area contributed by atoms with E-state index in [-0.39, 0.29) is 6.04 Å². The van der Waals surface area contributed by atoms with Crippen LogP contribution in [0.25, 0.3) is 0 Å². The minimum atomic E-state index is -0.836. The van der Waals surface area contributed by atoms with Crippen LogP contribution in [0.1, 0.15) is 38.8 Å². The smallest absolute Gasteiger partial charge is 0.159 e. The predicted octanol–water partition coefficient (Wildman–Crippen LogP) is 2.78. The number of halogens is 2. The highest BCUT2D eigenvalue weighted by Gasteiger charge is 2.13. The fraction of sp³-hybridized carbons (Fsp3) is 0.538. The van der Waals surface area contributed by atoms with Crippen LogP contribution in [0.4, 0.5) is 8.78 Å². The topological polar surface area (TPSA) is 32.3 Å². The summed E-state index contributed by atoms with van der Waals surface area (Å²) in [5, 5.41) is 12.7. The van der Waals surface area contributed by atoms with E-state index in [4.69, 9.17) is 0 Å². The predicted molar refractivity (Wildman–Crippen MR) is 63.7 cm³/mol. The van der Waals surface area contributed by atoms with Crippen molar-refractivity contribution in [2.24, 2.45) is 0 Å². The van der Waals surface area contributed by atoms with Crippen LogP contribution in [0, 0.1) is 11.6 Å². The molecule has 0 aliphatic heterocycles. The summed E-state index contributed by atoms with van der Waals surface area (Å²) < 4.78 is 25.8. The summed E-state index contributed by atoms with van der Waals surface area (Å²) in [6, 6.07) is 3.79. The Morgan fingerprint density at radius 2 is 1.94 bits per heavy atom. The number of nitrogens with one attached hydrogen (secondary N) is 1. The van der Waals surface area contributed by atoms with Crippen LogP contribution in [-0.4, -0.2) is 17.3 Å². The van der Waals surface area contributed by atoms with E-state index in [1.807, 2.05) is 6.92 Å². The summed E-state index contributed by atoms with van der Waals surface area (Å²) in [6.45, 7) is 5.95. The average molecular weight is 243 g/mol. The summed E-state index contributed by atoms with van der Waals surface area (Å²) in [7, 11) is 0. The molecule has 0 saturated heterocycles. The lowest BCUT2D eigenvalue weighted by Crippen LogP contribution is -2.28. The maximum Gasteiger partial charge on any atom is 0.159 e. The molecule has 17 heavy (non-hydrogen) atoms. The third-order valence-electron chi connectivity index (χ3n) is 2.63. The van der Waals surface area contributed by atoms with Gasteiger partial charge in [-0.05, 0) is 51.4 Å². The lowest BCUT2D eigenvalue weighted by Gasteiger charge is -2.20. The van der Waals surface area contributed by atoms with Crippen molar-refractivity contribution >= 4 is 0 Å². The molecule has 4 heteroatoms. The van der Waals surface area contributed by atoms with Crippen molar-refractivity contribution < 1.29 is 13.9 Å². The summed E-state index contributed by atoms with van der Waals surface area (Å²) in [5.74, 6) is -1.67. The first-order chi connectivity index (χ1) is 7.79. The number of hydrogen-bond acceptors (Lipinski definition) is 2. The molecule has 2 N–H and O–H groups in total. The lowest BCUT2D eigenvalue weighted by atomic mass is 10.0. The maximum atomic E-state index is 13.0. The molecule has 2 nitrogen and oxygen atoms in total. The van der Waals surface area contributed by atoms with Crippen LogP contribution in [0.5, 0.6) is 0 Å². The first-order valence-corrected chi connectivity index (χ1v) is 5.70. The van der Waals surface area contributed by atoms with Crippen molar-refractivity contribution in [1.29, 1.82) is 0 Å². The molecule has 1 aromatic carbocycles. The molecule has 0 amide bonds. The summed E-state index contributed by atoms with van der Waals surface area (Å²) in [5.41, 5.74) is -0.0273. The van der Waals surface area contributed by atoms with Crippen molar-refractivity contribution in [3.63, 3.8) is 0 Å². The molecule has 0 fully saturated rings. The normalized spacial score (nSPS) is 13.8. The third-order valence-corrected chi connectivity index (χ3v) is 2.63. The van der Waals surface area contributed by atoms with Crippen LogP contribution in [0.3, 0.4) is 0 Å². The third kappa shape index (κ3) is 4.79. The van der Waals surface area contributed by atoms with Gasteiger partial charge in [-0.25, -0.2) is 8.78 Å². The highest BCUT2D eigenvalue weighted by molar-refractivity contribution is 5.20. The van der Waals surface area contributed by atoms with Crippen molar-refractivity contribution in [2.45, 2.75) is 38.8 Å². The van der Waals surface area contributed by atoms with Crippen molar-refractivity contribution in [3.8, 4) is 0 Å². The van der Waals surface area contributed by atoms with E-state index in [9.17, 15) is 13.9 Å². The Bertz CT molecular complexity index is 374. The van der Waals surface area contributed by atoms with E-state index in [1.165, 1.54) is 6.07 Å². The molecule has 0 aliphatic rings. The Labute approximate surface area is 101 Å². The largest absolute Gasteiger partial charge is 0.390 e. The highest BCUT2D eigenvalue weighted by atomic mass is 19.2. The van der Waals surface area contributed by atoms with Crippen molar-refractivity contribution in [1.82, 2.24) is 5.32 Å². The zero-order valence-electron chi connectivity index (χ0n) is 10.4. The van der Waals surface area contributed by atoms with Gasteiger partial charge in [0.2, 0.25) is 0 Å². The van der Waals surface area contributed by atoms with Gasteiger partial charge in [-0.3, -0.25) is 0 Å². The molecule has 0 saturated carbocycles. The molecule has 1 aromatic rings. The van der Waals surface area contributed by atoms with Gasteiger partial charge in [0.05, 0.1) is 5.60 Å². The molecular formula is C13H19F2NO. The fourth-order valence-electron chi connectivity index (χ4n) is 1.49. The van der Waals surface area contributed by atoms with Gasteiger partial charge in [-0.2, -0.15) is 0 Å². The average Bonchev–Trinajstić information content (AvgIpc) is 2.20. The maximum absolute atomic E-state index is 13.0. The quantitative estimate of drug-likeness (QED) is 0.833. The minimum absolute atomic E-state index is 0.0764. The molecule has 0 heterocycles. The van der Waals surface area contributed by atoms with Crippen LogP contribution in [0.2, 0.25) is 0 Å². The molecule has 0 aromatic heterocycles. The second-order valence-corrected chi connectivity index (χ2v) is 4.91. The van der Waals surface area contributed by atoms with E-state index in [0.29, 0.717) is 18.5 Å². The standard InChI is InChI=1S/C13H19F2NO/c1-9(16-7-6-13(2,3)17)10-4-5-11(14)12(15)8-10/h4-5,8-9,16-17H,6-7H2,1-3H3/t9-/m1/s1. The lowest BCUT2D eigenvalue weighted by molar-refractivity contribution is 0.0705.